The zero-order valence-corrected chi connectivity index (χ0v) is 9.47. The maximum Gasteiger partial charge on any atom is 0.305 e. The smallest absolute Gasteiger partial charge is 0.305 e. The molecule has 0 aromatic heterocycles. The third-order valence-electron chi connectivity index (χ3n) is 2.52. The molecule has 0 fully saturated rings. The molecule has 1 atom stereocenters. The first-order valence-electron chi connectivity index (χ1n) is 5.07. The number of aromatic hydroxyl groups is 2. The lowest BCUT2D eigenvalue weighted by Gasteiger charge is -2.27. The normalized spacial score (nSPS) is 14.2. The predicted molar refractivity (Wildman–Crippen MR) is 61.5 cm³/mol. The van der Waals surface area contributed by atoms with Crippen LogP contribution in [-0.4, -0.2) is 26.8 Å². The summed E-state index contributed by atoms with van der Waals surface area (Å²) in [6.07, 6.45) is 0.175. The number of carboxylic acid groups (broad SMARTS) is 1. The van der Waals surface area contributed by atoms with Gasteiger partial charge >= 0.3 is 5.97 Å². The highest BCUT2D eigenvalue weighted by Gasteiger charge is 2.26. The molecular formula is C11H16N2O4. The van der Waals surface area contributed by atoms with Gasteiger partial charge in [0.05, 0.1) is 6.42 Å². The monoisotopic (exact) mass is 240 g/mol. The second-order valence-electron chi connectivity index (χ2n) is 4.28. The third-order valence-corrected chi connectivity index (χ3v) is 2.52. The van der Waals surface area contributed by atoms with Crippen molar-refractivity contribution in [2.45, 2.75) is 25.3 Å². The third kappa shape index (κ3) is 3.61. The number of carboxylic acids is 1. The van der Waals surface area contributed by atoms with Gasteiger partial charge in [-0.3, -0.25) is 16.1 Å². The molecule has 0 saturated carbocycles. The van der Waals surface area contributed by atoms with Crippen molar-refractivity contribution in [1.82, 2.24) is 5.43 Å². The second-order valence-corrected chi connectivity index (χ2v) is 4.28. The van der Waals surface area contributed by atoms with Crippen LogP contribution < -0.4 is 11.3 Å². The molecule has 0 aliphatic heterocycles. The fraction of sp³-hybridized carbons (Fsp3) is 0.364. The van der Waals surface area contributed by atoms with Crippen LogP contribution in [-0.2, 0) is 11.2 Å². The number of hydrogen-bond acceptors (Lipinski definition) is 5. The van der Waals surface area contributed by atoms with Crippen LogP contribution in [0.4, 0.5) is 0 Å². The Morgan fingerprint density at radius 3 is 2.53 bits per heavy atom. The Morgan fingerprint density at radius 1 is 1.41 bits per heavy atom. The predicted octanol–water partition coefficient (Wildman–Crippen LogP) is 0.337. The first kappa shape index (κ1) is 13.3. The van der Waals surface area contributed by atoms with Crippen LogP contribution in [0.5, 0.6) is 11.5 Å². The Morgan fingerprint density at radius 2 is 2.06 bits per heavy atom. The van der Waals surface area contributed by atoms with Gasteiger partial charge in [0, 0.05) is 5.54 Å². The second kappa shape index (κ2) is 5.03. The molecule has 0 amide bonds. The lowest BCUT2D eigenvalue weighted by atomic mass is 9.90. The van der Waals surface area contributed by atoms with Crippen LogP contribution in [0.25, 0.3) is 0 Å². The van der Waals surface area contributed by atoms with Crippen LogP contribution in [0.3, 0.4) is 0 Å². The Hall–Kier alpha value is -1.79. The number of phenolic OH excluding ortho intramolecular Hbond substituents is 2. The molecule has 0 spiro atoms. The van der Waals surface area contributed by atoms with Gasteiger partial charge < -0.3 is 15.3 Å². The van der Waals surface area contributed by atoms with Gasteiger partial charge in [-0.05, 0) is 31.0 Å². The number of phenols is 2. The van der Waals surface area contributed by atoms with Crippen molar-refractivity contribution < 1.29 is 20.1 Å². The minimum atomic E-state index is -0.964. The van der Waals surface area contributed by atoms with E-state index in [-0.39, 0.29) is 17.9 Å². The largest absolute Gasteiger partial charge is 0.504 e. The molecule has 0 bridgehead atoms. The van der Waals surface area contributed by atoms with E-state index >= 15 is 0 Å². The summed E-state index contributed by atoms with van der Waals surface area (Å²) in [6.45, 7) is 1.67. The molecule has 1 aromatic rings. The van der Waals surface area contributed by atoms with E-state index in [1.165, 1.54) is 12.1 Å². The van der Waals surface area contributed by atoms with Gasteiger partial charge in [0.25, 0.3) is 0 Å². The highest BCUT2D eigenvalue weighted by molar-refractivity contribution is 5.68. The number of nitrogens with one attached hydrogen (secondary N) is 1. The Balaban J connectivity index is 2.86. The van der Waals surface area contributed by atoms with Crippen molar-refractivity contribution in [3.63, 3.8) is 0 Å². The van der Waals surface area contributed by atoms with Gasteiger partial charge in [0.2, 0.25) is 0 Å². The minimum absolute atomic E-state index is 0.148. The molecule has 6 N–H and O–H groups in total. The summed E-state index contributed by atoms with van der Waals surface area (Å²) in [4.78, 5) is 10.7. The molecule has 0 heterocycles. The molecule has 94 valence electrons. The first-order chi connectivity index (χ1) is 7.86. The van der Waals surface area contributed by atoms with Crippen molar-refractivity contribution in [3.05, 3.63) is 23.8 Å². The van der Waals surface area contributed by atoms with Crippen molar-refractivity contribution in [1.29, 1.82) is 0 Å². The van der Waals surface area contributed by atoms with Crippen molar-refractivity contribution in [2.75, 3.05) is 0 Å². The first-order valence-corrected chi connectivity index (χ1v) is 5.07. The van der Waals surface area contributed by atoms with Gasteiger partial charge in [-0.25, -0.2) is 0 Å². The van der Waals surface area contributed by atoms with Gasteiger partial charge in [0.1, 0.15) is 0 Å². The SMILES string of the molecule is CC(CC(=O)O)(Cc1ccc(O)c(O)c1)NN. The molecule has 1 rings (SSSR count). The van der Waals surface area contributed by atoms with Crippen LogP contribution >= 0.6 is 0 Å². The average Bonchev–Trinajstić information content (AvgIpc) is 2.22. The van der Waals surface area contributed by atoms with Crippen LogP contribution in [0.1, 0.15) is 18.9 Å². The fourth-order valence-corrected chi connectivity index (χ4v) is 1.63. The molecule has 0 radical (unpaired) electrons. The van der Waals surface area contributed by atoms with Gasteiger partial charge in [-0.1, -0.05) is 6.07 Å². The molecule has 0 saturated heterocycles. The van der Waals surface area contributed by atoms with E-state index in [9.17, 15) is 9.90 Å². The summed E-state index contributed by atoms with van der Waals surface area (Å²) in [5.41, 5.74) is 2.34. The number of hydrazine groups is 1. The standard InChI is InChI=1S/C11H16N2O4/c1-11(13-12,6-10(16)17)5-7-2-3-8(14)9(15)4-7/h2-4,13-15H,5-6,12H2,1H3,(H,16,17). The summed E-state index contributed by atoms with van der Waals surface area (Å²) in [5, 5.41) is 27.3. The molecule has 0 aliphatic rings. The number of benzene rings is 1. The highest BCUT2D eigenvalue weighted by Crippen LogP contribution is 2.27. The Bertz CT molecular complexity index is 422. The number of rotatable bonds is 5. The van der Waals surface area contributed by atoms with Crippen molar-refractivity contribution in [2.24, 2.45) is 5.84 Å². The molecule has 1 aromatic carbocycles. The Labute approximate surface area is 98.7 Å². The summed E-state index contributed by atoms with van der Waals surface area (Å²) in [7, 11) is 0. The van der Waals surface area contributed by atoms with E-state index in [0.717, 1.165) is 0 Å². The van der Waals surface area contributed by atoms with E-state index in [1.54, 1.807) is 13.0 Å². The number of hydrogen-bond donors (Lipinski definition) is 5. The number of carbonyl (C=O) groups is 1. The summed E-state index contributed by atoms with van der Waals surface area (Å²) < 4.78 is 0. The Kier molecular flexibility index (Phi) is 3.93. The summed E-state index contributed by atoms with van der Waals surface area (Å²) in [6, 6.07) is 4.33. The van der Waals surface area contributed by atoms with E-state index in [0.29, 0.717) is 12.0 Å². The van der Waals surface area contributed by atoms with E-state index < -0.39 is 11.5 Å². The zero-order valence-electron chi connectivity index (χ0n) is 9.47. The highest BCUT2D eigenvalue weighted by atomic mass is 16.4. The molecular weight excluding hydrogens is 224 g/mol. The van der Waals surface area contributed by atoms with Gasteiger partial charge in [0.15, 0.2) is 11.5 Å². The van der Waals surface area contributed by atoms with E-state index in [1.807, 2.05) is 0 Å². The van der Waals surface area contributed by atoms with Crippen LogP contribution in [0, 0.1) is 0 Å². The molecule has 6 heteroatoms. The van der Waals surface area contributed by atoms with Crippen LogP contribution in [0.15, 0.2) is 18.2 Å². The minimum Gasteiger partial charge on any atom is -0.504 e. The maximum absolute atomic E-state index is 10.7. The summed E-state index contributed by atoms with van der Waals surface area (Å²) in [5.74, 6) is 3.93. The average molecular weight is 240 g/mol. The molecule has 1 unspecified atom stereocenters. The fourth-order valence-electron chi connectivity index (χ4n) is 1.63. The van der Waals surface area contributed by atoms with Crippen molar-refractivity contribution in [3.8, 4) is 11.5 Å². The van der Waals surface area contributed by atoms with Crippen LogP contribution in [0.2, 0.25) is 0 Å². The summed E-state index contributed by atoms with van der Waals surface area (Å²) >= 11 is 0. The molecule has 0 aliphatic carbocycles. The number of aliphatic carboxylic acids is 1. The quantitative estimate of drug-likeness (QED) is 0.288. The van der Waals surface area contributed by atoms with Crippen molar-refractivity contribution >= 4 is 5.97 Å². The lowest BCUT2D eigenvalue weighted by molar-refractivity contribution is -0.138. The van der Waals surface area contributed by atoms with E-state index in [4.69, 9.17) is 16.1 Å². The number of nitrogens with two attached hydrogens (primary N) is 1. The van der Waals surface area contributed by atoms with E-state index in [2.05, 4.69) is 5.43 Å². The lowest BCUT2D eigenvalue weighted by Crippen LogP contribution is -2.50. The molecule has 6 nitrogen and oxygen atoms in total. The maximum atomic E-state index is 10.7. The zero-order chi connectivity index (χ0) is 13.1. The molecule has 17 heavy (non-hydrogen) atoms. The topological polar surface area (TPSA) is 116 Å². The van der Waals surface area contributed by atoms with Gasteiger partial charge in [-0.15, -0.1) is 0 Å². The van der Waals surface area contributed by atoms with Gasteiger partial charge in [-0.2, -0.15) is 0 Å².